The molecule has 0 aliphatic carbocycles. The van der Waals surface area contributed by atoms with Crippen LogP contribution in [0.2, 0.25) is 0 Å². The molecule has 1 fully saturated rings. The van der Waals surface area contributed by atoms with Gasteiger partial charge in [-0.05, 0) is 32.4 Å². The molecule has 1 aliphatic rings. The average Bonchev–Trinajstić information content (AvgIpc) is 2.92. The number of nitrogens with zero attached hydrogens (tertiary/aromatic N) is 2. The normalized spacial score (nSPS) is 20.2. The van der Waals surface area contributed by atoms with Crippen LogP contribution in [0.5, 0.6) is 5.75 Å². The molecule has 3 rings (SSSR count). The van der Waals surface area contributed by atoms with Gasteiger partial charge in [-0.25, -0.2) is 0 Å². The summed E-state index contributed by atoms with van der Waals surface area (Å²) in [5, 5.41) is 18.8. The maximum atomic E-state index is 9.78. The maximum absolute atomic E-state index is 9.78. The van der Waals surface area contributed by atoms with Crippen molar-refractivity contribution in [3.8, 4) is 5.75 Å². The van der Waals surface area contributed by atoms with E-state index in [4.69, 9.17) is 0 Å². The number of phenolic OH excluding ortho intramolecular Hbond substituents is 1. The van der Waals surface area contributed by atoms with Gasteiger partial charge < -0.3 is 10.4 Å². The van der Waals surface area contributed by atoms with Gasteiger partial charge in [0.05, 0.1) is 6.54 Å². The van der Waals surface area contributed by atoms with E-state index in [1.807, 2.05) is 16.8 Å². The van der Waals surface area contributed by atoms with Gasteiger partial charge in [-0.2, -0.15) is 5.10 Å². The van der Waals surface area contributed by atoms with Crippen LogP contribution in [0.4, 0.5) is 0 Å². The Morgan fingerprint density at radius 1 is 1.53 bits per heavy atom. The molecule has 1 aromatic heterocycles. The molecule has 2 aromatic rings. The summed E-state index contributed by atoms with van der Waals surface area (Å²) in [6.07, 6.45) is 2.46. The minimum atomic E-state index is 0.267. The number of rotatable bonds is 2. The predicted octanol–water partition coefficient (Wildman–Crippen LogP) is 1.80. The Labute approximate surface area is 100 Å². The molecule has 1 aromatic carbocycles. The third-order valence-electron chi connectivity index (χ3n) is 3.57. The van der Waals surface area contributed by atoms with Crippen molar-refractivity contribution in [1.29, 1.82) is 0 Å². The summed E-state index contributed by atoms with van der Waals surface area (Å²) < 4.78 is 2.01. The summed E-state index contributed by atoms with van der Waals surface area (Å²) in [5.74, 6) is 0.267. The number of phenols is 1. The van der Waals surface area contributed by atoms with Gasteiger partial charge in [0.25, 0.3) is 0 Å². The molecule has 0 saturated carbocycles. The SMILES string of the molecule is Cc1c2cccc(O)c2nn1CC1CCCN1. The first kappa shape index (κ1) is 10.6. The Morgan fingerprint density at radius 3 is 3.12 bits per heavy atom. The topological polar surface area (TPSA) is 50.1 Å². The number of benzene rings is 1. The molecule has 0 amide bonds. The standard InChI is InChI=1S/C13H17N3O/c1-9-11-5-2-6-12(17)13(11)15-16(9)8-10-4-3-7-14-10/h2,5-6,10,14,17H,3-4,7-8H2,1H3. The quantitative estimate of drug-likeness (QED) is 0.828. The Morgan fingerprint density at radius 2 is 2.41 bits per heavy atom. The van der Waals surface area contributed by atoms with Gasteiger partial charge in [0.1, 0.15) is 11.3 Å². The molecule has 2 heterocycles. The van der Waals surface area contributed by atoms with E-state index in [0.717, 1.165) is 24.2 Å². The molecule has 2 N–H and O–H groups in total. The lowest BCUT2D eigenvalue weighted by molar-refractivity contribution is 0.464. The molecule has 0 spiro atoms. The lowest BCUT2D eigenvalue weighted by Gasteiger charge is -2.11. The minimum absolute atomic E-state index is 0.267. The van der Waals surface area contributed by atoms with E-state index in [-0.39, 0.29) is 5.75 Å². The smallest absolute Gasteiger partial charge is 0.143 e. The molecular weight excluding hydrogens is 214 g/mol. The van der Waals surface area contributed by atoms with Gasteiger partial charge in [-0.1, -0.05) is 12.1 Å². The van der Waals surface area contributed by atoms with E-state index in [1.54, 1.807) is 6.07 Å². The summed E-state index contributed by atoms with van der Waals surface area (Å²) >= 11 is 0. The molecular formula is C13H17N3O. The van der Waals surface area contributed by atoms with Crippen molar-refractivity contribution >= 4 is 10.9 Å². The molecule has 0 radical (unpaired) electrons. The highest BCUT2D eigenvalue weighted by molar-refractivity contribution is 5.86. The van der Waals surface area contributed by atoms with Crippen LogP contribution in [-0.4, -0.2) is 27.5 Å². The van der Waals surface area contributed by atoms with Crippen LogP contribution in [0, 0.1) is 6.92 Å². The highest BCUT2D eigenvalue weighted by atomic mass is 16.3. The number of nitrogens with one attached hydrogen (secondary N) is 1. The second kappa shape index (κ2) is 4.04. The van der Waals surface area contributed by atoms with Gasteiger partial charge in [0, 0.05) is 17.1 Å². The zero-order chi connectivity index (χ0) is 11.8. The zero-order valence-electron chi connectivity index (χ0n) is 9.98. The highest BCUT2D eigenvalue weighted by Crippen LogP contribution is 2.26. The zero-order valence-corrected chi connectivity index (χ0v) is 9.98. The van der Waals surface area contributed by atoms with Crippen LogP contribution in [0.25, 0.3) is 10.9 Å². The fourth-order valence-electron chi connectivity index (χ4n) is 2.56. The van der Waals surface area contributed by atoms with Gasteiger partial charge in [-0.3, -0.25) is 4.68 Å². The third-order valence-corrected chi connectivity index (χ3v) is 3.57. The second-order valence-corrected chi connectivity index (χ2v) is 4.73. The predicted molar refractivity (Wildman–Crippen MR) is 67.2 cm³/mol. The summed E-state index contributed by atoms with van der Waals surface area (Å²) in [6.45, 7) is 4.05. The fraction of sp³-hybridized carbons (Fsp3) is 0.462. The van der Waals surface area contributed by atoms with Crippen molar-refractivity contribution in [2.24, 2.45) is 0 Å². The van der Waals surface area contributed by atoms with E-state index >= 15 is 0 Å². The Balaban J connectivity index is 1.99. The van der Waals surface area contributed by atoms with Crippen molar-refractivity contribution in [2.75, 3.05) is 6.54 Å². The average molecular weight is 231 g/mol. The van der Waals surface area contributed by atoms with Crippen LogP contribution in [-0.2, 0) is 6.54 Å². The van der Waals surface area contributed by atoms with Crippen LogP contribution in [0.15, 0.2) is 18.2 Å². The molecule has 90 valence electrons. The van der Waals surface area contributed by atoms with Gasteiger partial charge in [-0.15, -0.1) is 0 Å². The Bertz CT molecular complexity index is 541. The number of aromatic nitrogens is 2. The van der Waals surface area contributed by atoms with Crippen LogP contribution in [0.3, 0.4) is 0 Å². The molecule has 4 heteroatoms. The third kappa shape index (κ3) is 1.78. The molecule has 0 bridgehead atoms. The molecule has 17 heavy (non-hydrogen) atoms. The van der Waals surface area contributed by atoms with Crippen molar-refractivity contribution in [1.82, 2.24) is 15.1 Å². The van der Waals surface area contributed by atoms with Crippen LogP contribution >= 0.6 is 0 Å². The van der Waals surface area contributed by atoms with E-state index in [0.29, 0.717) is 11.6 Å². The number of aryl methyl sites for hydroxylation is 1. The van der Waals surface area contributed by atoms with Crippen molar-refractivity contribution in [3.63, 3.8) is 0 Å². The van der Waals surface area contributed by atoms with Gasteiger partial charge in [0.2, 0.25) is 0 Å². The van der Waals surface area contributed by atoms with E-state index < -0.39 is 0 Å². The van der Waals surface area contributed by atoms with Crippen molar-refractivity contribution < 1.29 is 5.11 Å². The number of aromatic hydroxyl groups is 1. The van der Waals surface area contributed by atoms with Gasteiger partial charge >= 0.3 is 0 Å². The number of hydrogen-bond acceptors (Lipinski definition) is 3. The summed E-state index contributed by atoms with van der Waals surface area (Å²) in [7, 11) is 0. The monoisotopic (exact) mass is 231 g/mol. The summed E-state index contributed by atoms with van der Waals surface area (Å²) in [4.78, 5) is 0. The van der Waals surface area contributed by atoms with Crippen LogP contribution < -0.4 is 5.32 Å². The largest absolute Gasteiger partial charge is 0.506 e. The number of fused-ring (bicyclic) bond motifs is 1. The minimum Gasteiger partial charge on any atom is -0.506 e. The Hall–Kier alpha value is -1.55. The van der Waals surface area contributed by atoms with Crippen LogP contribution in [0.1, 0.15) is 18.5 Å². The Kier molecular flexibility index (Phi) is 2.52. The van der Waals surface area contributed by atoms with E-state index in [1.165, 1.54) is 12.8 Å². The molecule has 1 unspecified atom stereocenters. The maximum Gasteiger partial charge on any atom is 0.143 e. The van der Waals surface area contributed by atoms with Crippen molar-refractivity contribution in [3.05, 3.63) is 23.9 Å². The fourth-order valence-corrected chi connectivity index (χ4v) is 2.56. The second-order valence-electron chi connectivity index (χ2n) is 4.73. The lowest BCUT2D eigenvalue weighted by Crippen LogP contribution is -2.27. The first-order valence-electron chi connectivity index (χ1n) is 6.14. The molecule has 1 saturated heterocycles. The summed E-state index contributed by atoms with van der Waals surface area (Å²) in [5.41, 5.74) is 1.84. The highest BCUT2D eigenvalue weighted by Gasteiger charge is 2.17. The van der Waals surface area contributed by atoms with E-state index in [2.05, 4.69) is 17.3 Å². The first-order chi connectivity index (χ1) is 8.25. The number of hydrogen-bond donors (Lipinski definition) is 2. The molecule has 1 atom stereocenters. The van der Waals surface area contributed by atoms with Gasteiger partial charge in [0.15, 0.2) is 0 Å². The molecule has 4 nitrogen and oxygen atoms in total. The lowest BCUT2D eigenvalue weighted by atomic mass is 10.2. The van der Waals surface area contributed by atoms with Crippen molar-refractivity contribution in [2.45, 2.75) is 32.4 Å². The molecule has 1 aliphatic heterocycles. The van der Waals surface area contributed by atoms with E-state index in [9.17, 15) is 5.11 Å². The summed E-state index contributed by atoms with van der Waals surface area (Å²) in [6, 6.07) is 6.08. The first-order valence-corrected chi connectivity index (χ1v) is 6.14.